The van der Waals surface area contributed by atoms with Crippen LogP contribution >= 0.6 is 15.9 Å². The molecule has 0 aliphatic heterocycles. The van der Waals surface area contributed by atoms with Crippen LogP contribution in [0, 0.1) is 5.92 Å². The number of hydrogen-bond acceptors (Lipinski definition) is 2. The summed E-state index contributed by atoms with van der Waals surface area (Å²) in [6, 6.07) is 7.06. The molecular weight excluding hydrogens is 308 g/mol. The van der Waals surface area contributed by atoms with Crippen molar-refractivity contribution in [2.45, 2.75) is 19.3 Å². The number of nitrogens with one attached hydrogen (secondary N) is 2. The molecule has 0 saturated carbocycles. The summed E-state index contributed by atoms with van der Waals surface area (Å²) < 4.78 is 0.695. The van der Waals surface area contributed by atoms with Crippen molar-refractivity contribution in [2.75, 3.05) is 0 Å². The van der Waals surface area contributed by atoms with Gasteiger partial charge in [0, 0.05) is 10.9 Å². The molecule has 0 saturated heterocycles. The van der Waals surface area contributed by atoms with Crippen LogP contribution in [-0.4, -0.2) is 11.8 Å². The molecule has 1 aromatic carbocycles. The number of carbonyl (C=O) groups excluding carboxylic acids is 2. The molecule has 2 amide bonds. The predicted molar refractivity (Wildman–Crippen MR) is 76.2 cm³/mol. The maximum Gasteiger partial charge on any atom is 0.270 e. The van der Waals surface area contributed by atoms with Crippen LogP contribution in [-0.2, 0) is 4.79 Å². The SMILES string of the molecule is O=C(C[C@@H]1C=CCC1)NNC(=O)c1ccccc1Br. The lowest BCUT2D eigenvalue weighted by Gasteiger charge is -2.10. The molecule has 1 atom stereocenters. The largest absolute Gasteiger partial charge is 0.273 e. The van der Waals surface area contributed by atoms with E-state index in [0.717, 1.165) is 12.8 Å². The molecule has 1 aromatic rings. The molecule has 0 bridgehead atoms. The van der Waals surface area contributed by atoms with E-state index in [-0.39, 0.29) is 11.8 Å². The summed E-state index contributed by atoms with van der Waals surface area (Å²) in [4.78, 5) is 23.5. The maximum absolute atomic E-state index is 11.8. The standard InChI is InChI=1S/C14H15BrN2O2/c15-12-8-4-3-7-11(12)14(19)17-16-13(18)9-10-5-1-2-6-10/h1,3-5,7-8,10H,2,6,9H2,(H,16,18)(H,17,19)/t10-/m1/s1. The van der Waals surface area contributed by atoms with E-state index in [4.69, 9.17) is 0 Å². The second kappa shape index (κ2) is 6.52. The van der Waals surface area contributed by atoms with Gasteiger partial charge in [-0.05, 0) is 46.8 Å². The van der Waals surface area contributed by atoms with Gasteiger partial charge in [0.2, 0.25) is 5.91 Å². The van der Waals surface area contributed by atoms with Crippen molar-refractivity contribution in [3.8, 4) is 0 Å². The van der Waals surface area contributed by atoms with E-state index in [2.05, 4.69) is 38.9 Å². The summed E-state index contributed by atoms with van der Waals surface area (Å²) in [5.41, 5.74) is 5.35. The fraction of sp³-hybridized carbons (Fsp3) is 0.286. The van der Waals surface area contributed by atoms with Crippen LogP contribution in [0.1, 0.15) is 29.6 Å². The van der Waals surface area contributed by atoms with Gasteiger partial charge in [0.25, 0.3) is 5.91 Å². The first kappa shape index (κ1) is 13.8. The molecule has 1 aliphatic rings. The number of hydrogen-bond donors (Lipinski definition) is 2. The van der Waals surface area contributed by atoms with Gasteiger partial charge in [-0.25, -0.2) is 0 Å². The Balaban J connectivity index is 1.81. The fourth-order valence-electron chi connectivity index (χ4n) is 1.99. The molecule has 0 fully saturated rings. The molecule has 0 radical (unpaired) electrons. The van der Waals surface area contributed by atoms with Gasteiger partial charge in [-0.1, -0.05) is 24.3 Å². The van der Waals surface area contributed by atoms with Crippen LogP contribution in [0.25, 0.3) is 0 Å². The van der Waals surface area contributed by atoms with Gasteiger partial charge >= 0.3 is 0 Å². The summed E-state index contributed by atoms with van der Waals surface area (Å²) in [7, 11) is 0. The third kappa shape index (κ3) is 3.92. The zero-order valence-electron chi connectivity index (χ0n) is 10.4. The Hall–Kier alpha value is -1.62. The third-order valence-corrected chi connectivity index (χ3v) is 3.69. The highest BCUT2D eigenvalue weighted by Gasteiger charge is 2.15. The average Bonchev–Trinajstić information content (AvgIpc) is 2.89. The number of allylic oxidation sites excluding steroid dienone is 2. The van der Waals surface area contributed by atoms with E-state index in [9.17, 15) is 9.59 Å². The van der Waals surface area contributed by atoms with Crippen LogP contribution in [0.2, 0.25) is 0 Å². The van der Waals surface area contributed by atoms with E-state index in [1.807, 2.05) is 6.07 Å². The molecule has 2 rings (SSSR count). The Morgan fingerprint density at radius 1 is 1.26 bits per heavy atom. The van der Waals surface area contributed by atoms with Crippen molar-refractivity contribution < 1.29 is 9.59 Å². The molecule has 100 valence electrons. The molecule has 4 nitrogen and oxygen atoms in total. The molecular formula is C14H15BrN2O2. The summed E-state index contributed by atoms with van der Waals surface area (Å²) in [6.07, 6.45) is 6.58. The number of carbonyl (C=O) groups is 2. The van der Waals surface area contributed by atoms with Gasteiger partial charge in [-0.15, -0.1) is 0 Å². The molecule has 1 aliphatic carbocycles. The van der Waals surface area contributed by atoms with Gasteiger partial charge in [0.1, 0.15) is 0 Å². The van der Waals surface area contributed by atoms with Gasteiger partial charge in [-0.3, -0.25) is 20.4 Å². The first-order valence-corrected chi connectivity index (χ1v) is 6.96. The number of rotatable bonds is 3. The topological polar surface area (TPSA) is 58.2 Å². The average molecular weight is 323 g/mol. The molecule has 19 heavy (non-hydrogen) atoms. The molecule has 0 heterocycles. The van der Waals surface area contributed by atoms with Crippen molar-refractivity contribution >= 4 is 27.7 Å². The molecule has 2 N–H and O–H groups in total. The van der Waals surface area contributed by atoms with Gasteiger partial charge in [-0.2, -0.15) is 0 Å². The summed E-state index contributed by atoms with van der Waals surface area (Å²) >= 11 is 3.29. The zero-order valence-corrected chi connectivity index (χ0v) is 11.9. The first-order chi connectivity index (χ1) is 9.16. The van der Waals surface area contributed by atoms with Crippen LogP contribution in [0.4, 0.5) is 0 Å². The van der Waals surface area contributed by atoms with Crippen LogP contribution in [0.3, 0.4) is 0 Å². The Kier molecular flexibility index (Phi) is 4.74. The van der Waals surface area contributed by atoms with Crippen LogP contribution in [0.5, 0.6) is 0 Å². The Morgan fingerprint density at radius 3 is 2.74 bits per heavy atom. The zero-order chi connectivity index (χ0) is 13.7. The normalized spacial score (nSPS) is 17.2. The second-order valence-electron chi connectivity index (χ2n) is 4.45. The molecule has 0 unspecified atom stereocenters. The lowest BCUT2D eigenvalue weighted by Crippen LogP contribution is -2.42. The Labute approximate surface area is 120 Å². The predicted octanol–water partition coefficient (Wildman–Crippen LogP) is 2.57. The Bertz CT molecular complexity index is 514. The third-order valence-electron chi connectivity index (χ3n) is 2.99. The molecule has 0 spiro atoms. The minimum Gasteiger partial charge on any atom is -0.273 e. The smallest absolute Gasteiger partial charge is 0.270 e. The van der Waals surface area contributed by atoms with Gasteiger partial charge < -0.3 is 0 Å². The summed E-state index contributed by atoms with van der Waals surface area (Å²) in [5, 5.41) is 0. The maximum atomic E-state index is 11.8. The lowest BCUT2D eigenvalue weighted by atomic mass is 10.1. The first-order valence-electron chi connectivity index (χ1n) is 6.17. The number of halogens is 1. The van der Waals surface area contributed by atoms with E-state index >= 15 is 0 Å². The molecule has 0 aromatic heterocycles. The van der Waals surface area contributed by atoms with Gasteiger partial charge in [0.15, 0.2) is 0 Å². The van der Waals surface area contributed by atoms with Crippen molar-refractivity contribution in [3.63, 3.8) is 0 Å². The molecule has 5 heteroatoms. The van der Waals surface area contributed by atoms with Crippen LogP contribution in [0.15, 0.2) is 40.9 Å². The van der Waals surface area contributed by atoms with Crippen molar-refractivity contribution in [3.05, 3.63) is 46.5 Å². The van der Waals surface area contributed by atoms with Crippen molar-refractivity contribution in [1.29, 1.82) is 0 Å². The van der Waals surface area contributed by atoms with Crippen molar-refractivity contribution in [2.24, 2.45) is 5.92 Å². The number of hydrazine groups is 1. The van der Waals surface area contributed by atoms with E-state index < -0.39 is 0 Å². The van der Waals surface area contributed by atoms with Crippen molar-refractivity contribution in [1.82, 2.24) is 10.9 Å². The highest BCUT2D eigenvalue weighted by molar-refractivity contribution is 9.10. The second-order valence-corrected chi connectivity index (χ2v) is 5.31. The lowest BCUT2D eigenvalue weighted by molar-refractivity contribution is -0.122. The summed E-state index contributed by atoms with van der Waals surface area (Å²) in [6.45, 7) is 0. The van der Waals surface area contributed by atoms with Crippen LogP contribution < -0.4 is 10.9 Å². The number of benzene rings is 1. The van der Waals surface area contributed by atoms with E-state index in [0.29, 0.717) is 22.4 Å². The highest BCUT2D eigenvalue weighted by Crippen LogP contribution is 2.20. The number of amides is 2. The summed E-state index contributed by atoms with van der Waals surface area (Å²) in [5.74, 6) is -0.208. The Morgan fingerprint density at radius 2 is 2.05 bits per heavy atom. The minimum absolute atomic E-state index is 0.169. The quantitative estimate of drug-likeness (QED) is 0.663. The monoisotopic (exact) mass is 322 g/mol. The fourth-order valence-corrected chi connectivity index (χ4v) is 2.46. The highest BCUT2D eigenvalue weighted by atomic mass is 79.9. The van der Waals surface area contributed by atoms with Gasteiger partial charge in [0.05, 0.1) is 5.56 Å². The van der Waals surface area contributed by atoms with E-state index in [1.165, 1.54) is 0 Å². The van der Waals surface area contributed by atoms with E-state index in [1.54, 1.807) is 18.2 Å². The minimum atomic E-state index is -0.331.